The second-order valence-corrected chi connectivity index (χ2v) is 3.89. The van der Waals surface area contributed by atoms with Gasteiger partial charge in [0.1, 0.15) is 5.69 Å². The van der Waals surface area contributed by atoms with E-state index in [0.29, 0.717) is 5.69 Å². The van der Waals surface area contributed by atoms with E-state index in [1.807, 2.05) is 13.8 Å². The molecule has 0 N–H and O–H groups in total. The van der Waals surface area contributed by atoms with Crippen molar-refractivity contribution in [1.29, 1.82) is 5.26 Å². The number of carbonyl (C=O) groups excluding carboxylic acids is 1. The highest BCUT2D eigenvalue weighted by Gasteiger charge is 2.25. The molecule has 1 aromatic rings. The minimum absolute atomic E-state index is 0.391. The molecule has 0 atom stereocenters. The van der Waals surface area contributed by atoms with Gasteiger partial charge in [-0.3, -0.25) is 0 Å². The standard InChI is InChI=1S/C11H14N2O2/c1-11(2,7-12)9-6-5-8(13(9)3)10(14)15-4/h5-6H,1-4H3. The molecule has 0 aromatic carbocycles. The Morgan fingerprint density at radius 3 is 2.60 bits per heavy atom. The number of rotatable bonds is 2. The molecule has 0 amide bonds. The quantitative estimate of drug-likeness (QED) is 0.691. The number of nitrogens with zero attached hydrogens (tertiary/aromatic N) is 2. The summed E-state index contributed by atoms with van der Waals surface area (Å²) in [6.07, 6.45) is 0. The van der Waals surface area contributed by atoms with E-state index < -0.39 is 11.4 Å². The van der Waals surface area contributed by atoms with Crippen molar-refractivity contribution in [1.82, 2.24) is 4.57 Å². The van der Waals surface area contributed by atoms with Crippen LogP contribution in [0.5, 0.6) is 0 Å². The molecule has 1 rings (SSSR count). The van der Waals surface area contributed by atoms with Crippen LogP contribution in [-0.2, 0) is 17.2 Å². The molecule has 0 fully saturated rings. The van der Waals surface area contributed by atoms with Crippen LogP contribution in [0.4, 0.5) is 0 Å². The topological polar surface area (TPSA) is 55.0 Å². The highest BCUT2D eigenvalue weighted by Crippen LogP contribution is 2.23. The first-order chi connectivity index (χ1) is 6.94. The van der Waals surface area contributed by atoms with Crippen molar-refractivity contribution >= 4 is 5.97 Å². The van der Waals surface area contributed by atoms with Crippen molar-refractivity contribution in [3.05, 3.63) is 23.5 Å². The van der Waals surface area contributed by atoms with E-state index in [0.717, 1.165) is 5.69 Å². The Kier molecular flexibility index (Phi) is 2.85. The molecule has 80 valence electrons. The van der Waals surface area contributed by atoms with E-state index in [-0.39, 0.29) is 0 Å². The van der Waals surface area contributed by atoms with Crippen LogP contribution in [0.15, 0.2) is 12.1 Å². The molecule has 0 unspecified atom stereocenters. The molecule has 1 aromatic heterocycles. The number of nitriles is 1. The highest BCUT2D eigenvalue weighted by molar-refractivity contribution is 5.87. The van der Waals surface area contributed by atoms with E-state index in [1.165, 1.54) is 7.11 Å². The van der Waals surface area contributed by atoms with Gasteiger partial charge in [-0.15, -0.1) is 0 Å². The lowest BCUT2D eigenvalue weighted by atomic mass is 9.91. The Hall–Kier alpha value is -1.76. The Bertz CT molecular complexity index is 424. The molecule has 4 nitrogen and oxygen atoms in total. The number of esters is 1. The zero-order valence-corrected chi connectivity index (χ0v) is 9.37. The van der Waals surface area contributed by atoms with Gasteiger partial charge in [-0.2, -0.15) is 5.26 Å². The smallest absolute Gasteiger partial charge is 0.354 e. The third-order valence-electron chi connectivity index (χ3n) is 2.44. The summed E-state index contributed by atoms with van der Waals surface area (Å²) in [4.78, 5) is 11.3. The third-order valence-corrected chi connectivity index (χ3v) is 2.44. The maximum Gasteiger partial charge on any atom is 0.354 e. The van der Waals surface area contributed by atoms with Gasteiger partial charge in [0, 0.05) is 12.7 Å². The van der Waals surface area contributed by atoms with Gasteiger partial charge in [-0.1, -0.05) is 0 Å². The van der Waals surface area contributed by atoms with Crippen molar-refractivity contribution in [2.24, 2.45) is 7.05 Å². The van der Waals surface area contributed by atoms with Crippen molar-refractivity contribution in [2.45, 2.75) is 19.3 Å². The highest BCUT2D eigenvalue weighted by atomic mass is 16.5. The van der Waals surface area contributed by atoms with Crippen LogP contribution in [0.25, 0.3) is 0 Å². The van der Waals surface area contributed by atoms with Crippen LogP contribution in [-0.4, -0.2) is 17.6 Å². The zero-order valence-electron chi connectivity index (χ0n) is 9.37. The molecule has 4 heteroatoms. The van der Waals surface area contributed by atoms with Crippen LogP contribution < -0.4 is 0 Å². The predicted molar refractivity (Wildman–Crippen MR) is 55.4 cm³/mol. The summed E-state index contributed by atoms with van der Waals surface area (Å²) in [5.74, 6) is -0.391. The van der Waals surface area contributed by atoms with Gasteiger partial charge in [0.25, 0.3) is 0 Å². The number of hydrogen-bond donors (Lipinski definition) is 0. The first-order valence-corrected chi connectivity index (χ1v) is 4.60. The van der Waals surface area contributed by atoms with Gasteiger partial charge < -0.3 is 9.30 Å². The maximum absolute atomic E-state index is 11.3. The summed E-state index contributed by atoms with van der Waals surface area (Å²) in [6, 6.07) is 5.64. The fraction of sp³-hybridized carbons (Fsp3) is 0.455. The number of methoxy groups -OCH3 is 1. The van der Waals surface area contributed by atoms with Crippen LogP contribution in [0, 0.1) is 11.3 Å². The summed E-state index contributed by atoms with van der Waals surface area (Å²) < 4.78 is 6.32. The predicted octanol–water partition coefficient (Wildman–Crippen LogP) is 1.61. The number of carbonyl (C=O) groups is 1. The van der Waals surface area contributed by atoms with Gasteiger partial charge >= 0.3 is 5.97 Å². The van der Waals surface area contributed by atoms with E-state index in [9.17, 15) is 4.79 Å². The minimum Gasteiger partial charge on any atom is -0.464 e. The van der Waals surface area contributed by atoms with Crippen molar-refractivity contribution in [3.8, 4) is 6.07 Å². The zero-order chi connectivity index (χ0) is 11.6. The second kappa shape index (κ2) is 3.77. The molecule has 0 saturated carbocycles. The van der Waals surface area contributed by atoms with Crippen molar-refractivity contribution < 1.29 is 9.53 Å². The molecular weight excluding hydrogens is 192 g/mol. The van der Waals surface area contributed by atoms with Crippen molar-refractivity contribution in [3.63, 3.8) is 0 Å². The van der Waals surface area contributed by atoms with Crippen LogP contribution >= 0.6 is 0 Å². The van der Waals surface area contributed by atoms with E-state index in [2.05, 4.69) is 10.8 Å². The summed E-state index contributed by atoms with van der Waals surface area (Å²) in [5.41, 5.74) is 0.641. The molecule has 0 aliphatic heterocycles. The van der Waals surface area contributed by atoms with Crippen molar-refractivity contribution in [2.75, 3.05) is 7.11 Å². The molecule has 0 radical (unpaired) electrons. The SMILES string of the molecule is COC(=O)c1ccc(C(C)(C)C#N)n1C. The van der Waals surface area contributed by atoms with Crippen LogP contribution in [0.3, 0.4) is 0 Å². The average molecular weight is 206 g/mol. The molecule has 0 aliphatic carbocycles. The third kappa shape index (κ3) is 1.86. The summed E-state index contributed by atoms with van der Waals surface area (Å²) in [5, 5.41) is 9.00. The Labute approximate surface area is 89.1 Å². The normalized spacial score (nSPS) is 10.9. The lowest BCUT2D eigenvalue weighted by molar-refractivity contribution is 0.0589. The van der Waals surface area contributed by atoms with Gasteiger partial charge in [-0.25, -0.2) is 4.79 Å². The van der Waals surface area contributed by atoms with Gasteiger partial charge in [0.15, 0.2) is 0 Å². The number of aromatic nitrogens is 1. The Morgan fingerprint density at radius 2 is 2.13 bits per heavy atom. The molecule has 0 saturated heterocycles. The molecule has 1 heterocycles. The average Bonchev–Trinajstić information content (AvgIpc) is 2.59. The van der Waals surface area contributed by atoms with Gasteiger partial charge in [0.05, 0.1) is 18.6 Å². The minimum atomic E-state index is -0.610. The molecule has 0 bridgehead atoms. The van der Waals surface area contributed by atoms with Gasteiger partial charge in [-0.05, 0) is 26.0 Å². The summed E-state index contributed by atoms with van der Waals surface area (Å²) in [7, 11) is 3.09. The fourth-order valence-electron chi connectivity index (χ4n) is 1.51. The summed E-state index contributed by atoms with van der Waals surface area (Å²) >= 11 is 0. The van der Waals surface area contributed by atoms with E-state index in [1.54, 1.807) is 23.7 Å². The second-order valence-electron chi connectivity index (χ2n) is 3.89. The molecular formula is C11H14N2O2. The lowest BCUT2D eigenvalue weighted by Crippen LogP contribution is -2.20. The largest absolute Gasteiger partial charge is 0.464 e. The monoisotopic (exact) mass is 206 g/mol. The Balaban J connectivity index is 3.22. The van der Waals surface area contributed by atoms with Crippen LogP contribution in [0.1, 0.15) is 30.0 Å². The Morgan fingerprint density at radius 1 is 1.53 bits per heavy atom. The lowest BCUT2D eigenvalue weighted by Gasteiger charge is -2.17. The maximum atomic E-state index is 11.3. The number of hydrogen-bond acceptors (Lipinski definition) is 3. The number of ether oxygens (including phenoxy) is 1. The van der Waals surface area contributed by atoms with Gasteiger partial charge in [0.2, 0.25) is 0 Å². The first-order valence-electron chi connectivity index (χ1n) is 4.60. The van der Waals surface area contributed by atoms with E-state index >= 15 is 0 Å². The molecule has 0 aliphatic rings. The first kappa shape index (κ1) is 11.3. The summed E-state index contributed by atoms with van der Waals surface area (Å²) in [6.45, 7) is 3.62. The van der Waals surface area contributed by atoms with Crippen LogP contribution in [0.2, 0.25) is 0 Å². The molecule has 0 spiro atoms. The molecule has 15 heavy (non-hydrogen) atoms. The van der Waals surface area contributed by atoms with E-state index in [4.69, 9.17) is 5.26 Å². The fourth-order valence-corrected chi connectivity index (χ4v) is 1.51.